The number of nitrogens with zero attached hydrogens (tertiary/aromatic N) is 5. The molecular formula is C13H19N5O3. The van der Waals surface area contributed by atoms with Crippen molar-refractivity contribution < 1.29 is 9.72 Å². The fourth-order valence-electron chi connectivity index (χ4n) is 3.16. The molecule has 0 aliphatic carbocycles. The van der Waals surface area contributed by atoms with Crippen LogP contribution in [0.1, 0.15) is 19.3 Å². The van der Waals surface area contributed by atoms with Crippen molar-refractivity contribution in [2.75, 3.05) is 26.2 Å². The van der Waals surface area contributed by atoms with Crippen LogP contribution in [-0.4, -0.2) is 62.6 Å². The van der Waals surface area contributed by atoms with Crippen molar-refractivity contribution in [2.24, 2.45) is 0 Å². The zero-order valence-electron chi connectivity index (χ0n) is 11.8. The second-order valence-electron chi connectivity index (χ2n) is 5.64. The summed E-state index contributed by atoms with van der Waals surface area (Å²) in [7, 11) is 0. The number of carbonyl (C=O) groups is 1. The molecule has 2 aliphatic rings. The van der Waals surface area contributed by atoms with Crippen molar-refractivity contribution in [3.63, 3.8) is 0 Å². The summed E-state index contributed by atoms with van der Waals surface area (Å²) < 4.78 is 1.46. The zero-order chi connectivity index (χ0) is 14.8. The van der Waals surface area contributed by atoms with Gasteiger partial charge in [0.1, 0.15) is 12.4 Å². The van der Waals surface area contributed by atoms with Gasteiger partial charge in [0.2, 0.25) is 5.91 Å². The minimum Gasteiger partial charge on any atom is -0.340 e. The molecule has 21 heavy (non-hydrogen) atoms. The van der Waals surface area contributed by atoms with Gasteiger partial charge in [0.25, 0.3) is 0 Å². The minimum atomic E-state index is -0.482. The van der Waals surface area contributed by atoms with Crippen molar-refractivity contribution in [1.29, 1.82) is 0 Å². The predicted molar refractivity (Wildman–Crippen MR) is 74.7 cm³/mol. The first-order chi connectivity index (χ1) is 10.1. The van der Waals surface area contributed by atoms with Gasteiger partial charge in [-0.3, -0.25) is 24.5 Å². The highest BCUT2D eigenvalue weighted by Gasteiger charge is 2.32. The predicted octanol–water partition coefficient (Wildman–Crippen LogP) is 0.488. The molecule has 0 saturated carbocycles. The van der Waals surface area contributed by atoms with Crippen LogP contribution in [0.25, 0.3) is 0 Å². The molecule has 0 N–H and O–H groups in total. The second kappa shape index (κ2) is 5.80. The number of nitro groups is 1. The first-order valence-corrected chi connectivity index (χ1v) is 7.32. The molecule has 2 aliphatic heterocycles. The molecule has 0 aromatic carbocycles. The monoisotopic (exact) mass is 293 g/mol. The lowest BCUT2D eigenvalue weighted by Crippen LogP contribution is -2.52. The molecule has 8 heteroatoms. The summed E-state index contributed by atoms with van der Waals surface area (Å²) in [4.78, 5) is 26.7. The first kappa shape index (κ1) is 14.0. The number of aryl methyl sites for hydroxylation is 1. The maximum absolute atomic E-state index is 12.2. The van der Waals surface area contributed by atoms with Crippen LogP contribution in [0.15, 0.2) is 12.4 Å². The Balaban J connectivity index is 1.50. The van der Waals surface area contributed by atoms with Gasteiger partial charge in [0.15, 0.2) is 0 Å². The fraction of sp³-hybridized carbons (Fsp3) is 0.692. The van der Waals surface area contributed by atoms with E-state index >= 15 is 0 Å². The van der Waals surface area contributed by atoms with Crippen molar-refractivity contribution in [1.82, 2.24) is 19.6 Å². The van der Waals surface area contributed by atoms with Crippen LogP contribution in [0.5, 0.6) is 0 Å². The van der Waals surface area contributed by atoms with E-state index in [0.29, 0.717) is 19.0 Å². The van der Waals surface area contributed by atoms with E-state index in [1.807, 2.05) is 4.90 Å². The van der Waals surface area contributed by atoms with Gasteiger partial charge in [-0.05, 0) is 19.4 Å². The third-order valence-corrected chi connectivity index (χ3v) is 4.33. The molecule has 0 spiro atoms. The third kappa shape index (κ3) is 3.05. The second-order valence-corrected chi connectivity index (χ2v) is 5.64. The lowest BCUT2D eigenvalue weighted by Gasteiger charge is -2.37. The molecule has 0 radical (unpaired) electrons. The van der Waals surface area contributed by atoms with E-state index in [1.54, 1.807) is 0 Å². The van der Waals surface area contributed by atoms with Crippen molar-refractivity contribution in [2.45, 2.75) is 31.8 Å². The van der Waals surface area contributed by atoms with Gasteiger partial charge in [-0.1, -0.05) is 0 Å². The molecule has 114 valence electrons. The average molecular weight is 293 g/mol. The van der Waals surface area contributed by atoms with Crippen LogP contribution < -0.4 is 0 Å². The van der Waals surface area contributed by atoms with E-state index in [9.17, 15) is 14.9 Å². The molecule has 2 saturated heterocycles. The molecule has 2 fully saturated rings. The number of fused-ring (bicyclic) bond motifs is 1. The van der Waals surface area contributed by atoms with Gasteiger partial charge in [-0.2, -0.15) is 5.10 Å². The maximum Gasteiger partial charge on any atom is 0.306 e. The summed E-state index contributed by atoms with van der Waals surface area (Å²) >= 11 is 0. The Kier molecular flexibility index (Phi) is 3.87. The molecule has 1 amide bonds. The van der Waals surface area contributed by atoms with Crippen LogP contribution in [0.4, 0.5) is 5.69 Å². The van der Waals surface area contributed by atoms with Gasteiger partial charge < -0.3 is 4.90 Å². The third-order valence-electron chi connectivity index (χ3n) is 4.33. The largest absolute Gasteiger partial charge is 0.340 e. The summed E-state index contributed by atoms with van der Waals surface area (Å²) in [6.45, 7) is 4.11. The summed E-state index contributed by atoms with van der Waals surface area (Å²) in [5, 5.41) is 14.5. The number of hydrogen-bond acceptors (Lipinski definition) is 5. The van der Waals surface area contributed by atoms with E-state index in [0.717, 1.165) is 26.2 Å². The normalized spacial score (nSPS) is 22.3. The molecule has 1 aromatic rings. The van der Waals surface area contributed by atoms with Crippen LogP contribution in [0.3, 0.4) is 0 Å². The summed E-state index contributed by atoms with van der Waals surface area (Å²) in [6.07, 6.45) is 5.31. The molecule has 3 heterocycles. The lowest BCUT2D eigenvalue weighted by atomic mass is 10.1. The summed E-state index contributed by atoms with van der Waals surface area (Å²) in [5.41, 5.74) is -0.0398. The molecule has 0 bridgehead atoms. The first-order valence-electron chi connectivity index (χ1n) is 7.32. The summed E-state index contributed by atoms with van der Waals surface area (Å²) in [5.74, 6) is 0.111. The molecular weight excluding hydrogens is 274 g/mol. The van der Waals surface area contributed by atoms with Gasteiger partial charge in [-0.15, -0.1) is 0 Å². The van der Waals surface area contributed by atoms with Crippen molar-refractivity contribution >= 4 is 11.6 Å². The minimum absolute atomic E-state index is 0.0398. The van der Waals surface area contributed by atoms with Gasteiger partial charge in [0.05, 0.1) is 4.92 Å². The summed E-state index contributed by atoms with van der Waals surface area (Å²) in [6, 6.07) is 0.522. The highest BCUT2D eigenvalue weighted by atomic mass is 16.6. The lowest BCUT2D eigenvalue weighted by molar-refractivity contribution is -0.385. The van der Waals surface area contributed by atoms with E-state index < -0.39 is 4.92 Å². The highest BCUT2D eigenvalue weighted by Crippen LogP contribution is 2.21. The quantitative estimate of drug-likeness (QED) is 0.596. The Bertz CT molecular complexity index is 544. The smallest absolute Gasteiger partial charge is 0.306 e. The molecule has 1 aromatic heterocycles. The van der Waals surface area contributed by atoms with Crippen molar-refractivity contribution in [3.8, 4) is 0 Å². The fourth-order valence-corrected chi connectivity index (χ4v) is 3.16. The molecule has 3 rings (SSSR count). The van der Waals surface area contributed by atoms with E-state index in [-0.39, 0.29) is 11.6 Å². The standard InChI is InChI=1S/C13H19N5O3/c19-13(3-5-17-10-12(8-14-17)18(20)21)16-7-6-15-4-1-2-11(15)9-16/h8,10-11H,1-7,9H2. The SMILES string of the molecule is O=C(CCn1cc([N+](=O)[O-])cn1)N1CCN2CCCC2C1. The van der Waals surface area contributed by atoms with Gasteiger partial charge >= 0.3 is 5.69 Å². The number of rotatable bonds is 4. The van der Waals surface area contributed by atoms with E-state index in [1.165, 1.54) is 29.9 Å². The Morgan fingerprint density at radius 3 is 3.05 bits per heavy atom. The van der Waals surface area contributed by atoms with E-state index in [2.05, 4.69) is 10.00 Å². The van der Waals surface area contributed by atoms with Crippen LogP contribution in [0.2, 0.25) is 0 Å². The van der Waals surface area contributed by atoms with E-state index in [4.69, 9.17) is 0 Å². The zero-order valence-corrected chi connectivity index (χ0v) is 11.8. The highest BCUT2D eigenvalue weighted by molar-refractivity contribution is 5.76. The number of hydrogen-bond donors (Lipinski definition) is 0. The molecule has 1 atom stereocenters. The van der Waals surface area contributed by atoms with Gasteiger partial charge in [-0.25, -0.2) is 0 Å². The number of carbonyl (C=O) groups excluding carboxylic acids is 1. The van der Waals surface area contributed by atoms with Crippen LogP contribution in [-0.2, 0) is 11.3 Å². The number of amides is 1. The van der Waals surface area contributed by atoms with Gasteiger partial charge in [0, 0.05) is 38.6 Å². The Morgan fingerprint density at radius 2 is 2.29 bits per heavy atom. The number of piperazine rings is 1. The average Bonchev–Trinajstić information content (AvgIpc) is 3.12. The Labute approximate surface area is 122 Å². The topological polar surface area (TPSA) is 84.5 Å². The molecule has 8 nitrogen and oxygen atoms in total. The maximum atomic E-state index is 12.2. The Hall–Kier alpha value is -1.96. The van der Waals surface area contributed by atoms with Crippen molar-refractivity contribution in [3.05, 3.63) is 22.5 Å². The molecule has 1 unspecified atom stereocenters. The van der Waals surface area contributed by atoms with Crippen LogP contribution in [0, 0.1) is 10.1 Å². The Morgan fingerprint density at radius 1 is 1.43 bits per heavy atom. The van der Waals surface area contributed by atoms with Crippen LogP contribution >= 0.6 is 0 Å². The number of aromatic nitrogens is 2.